The zero-order valence-electron chi connectivity index (χ0n) is 12.1. The quantitative estimate of drug-likeness (QED) is 0.627. The van der Waals surface area contributed by atoms with E-state index in [1.807, 2.05) is 26.8 Å². The van der Waals surface area contributed by atoms with Gasteiger partial charge in [-0.3, -0.25) is 14.9 Å². The van der Waals surface area contributed by atoms with Gasteiger partial charge in [0.1, 0.15) is 23.6 Å². The molecule has 0 aliphatic rings. The lowest BCUT2D eigenvalue weighted by Crippen LogP contribution is -2.41. The molecule has 8 heteroatoms. The van der Waals surface area contributed by atoms with Gasteiger partial charge in [0.15, 0.2) is 0 Å². The second-order valence-corrected chi connectivity index (χ2v) is 5.43. The minimum atomic E-state index is -0.617. The molecular weight excluding hydrogens is 274 g/mol. The largest absolute Gasteiger partial charge is 0.368 e. The van der Waals surface area contributed by atoms with Crippen LogP contribution < -0.4 is 10.6 Å². The van der Waals surface area contributed by atoms with Gasteiger partial charge in [0.25, 0.3) is 5.69 Å². The van der Waals surface area contributed by atoms with Crippen molar-refractivity contribution in [3.63, 3.8) is 0 Å². The first-order chi connectivity index (χ1) is 9.73. The summed E-state index contributed by atoms with van der Waals surface area (Å²) >= 11 is 0. The Morgan fingerprint density at radius 3 is 2.71 bits per heavy atom. The third kappa shape index (κ3) is 5.44. The maximum Gasteiger partial charge on any atom is 0.289 e. The van der Waals surface area contributed by atoms with Crippen LogP contribution in [0.1, 0.15) is 32.8 Å². The van der Waals surface area contributed by atoms with Crippen LogP contribution in [0.15, 0.2) is 12.3 Å². The van der Waals surface area contributed by atoms with Crippen molar-refractivity contribution in [2.75, 3.05) is 11.9 Å². The molecule has 1 rings (SSSR count). The van der Waals surface area contributed by atoms with Crippen molar-refractivity contribution >= 4 is 17.4 Å². The lowest BCUT2D eigenvalue weighted by molar-refractivity contribution is -0.385. The van der Waals surface area contributed by atoms with E-state index < -0.39 is 4.92 Å². The van der Waals surface area contributed by atoms with Crippen LogP contribution in [0.2, 0.25) is 0 Å². The van der Waals surface area contributed by atoms with Crippen molar-refractivity contribution in [1.82, 2.24) is 10.3 Å². The number of carbonyl (C=O) groups is 1. The summed E-state index contributed by atoms with van der Waals surface area (Å²) in [5.41, 5.74) is -0.483. The fourth-order valence-electron chi connectivity index (χ4n) is 1.55. The maximum atomic E-state index is 11.6. The molecule has 1 aromatic rings. The van der Waals surface area contributed by atoms with Crippen molar-refractivity contribution in [3.05, 3.63) is 27.9 Å². The minimum Gasteiger partial charge on any atom is -0.368 e. The van der Waals surface area contributed by atoms with E-state index in [0.717, 1.165) is 12.3 Å². The van der Waals surface area contributed by atoms with Crippen molar-refractivity contribution in [2.45, 2.75) is 32.7 Å². The molecule has 1 heterocycles. The molecule has 8 nitrogen and oxygen atoms in total. The monoisotopic (exact) mass is 291 g/mol. The summed E-state index contributed by atoms with van der Waals surface area (Å²) in [6.07, 6.45) is 1.28. The Morgan fingerprint density at radius 2 is 2.19 bits per heavy atom. The average molecular weight is 291 g/mol. The standard InChI is InChI=1S/C13H17N5O3/c1-13(2,3)17-11(19)4-5-15-12-9(7-14)6-10(8-16-12)18(20)21/h6,8H,4-5H2,1-3H3,(H,15,16)(H,17,19). The number of amides is 1. The molecular formula is C13H17N5O3. The molecule has 0 spiro atoms. The minimum absolute atomic E-state index is 0.0698. The zero-order valence-corrected chi connectivity index (χ0v) is 12.1. The number of nitriles is 1. The lowest BCUT2D eigenvalue weighted by atomic mass is 10.1. The molecule has 0 aliphatic heterocycles. The highest BCUT2D eigenvalue weighted by Crippen LogP contribution is 2.18. The molecule has 0 bridgehead atoms. The van der Waals surface area contributed by atoms with E-state index in [1.165, 1.54) is 0 Å². The van der Waals surface area contributed by atoms with Gasteiger partial charge < -0.3 is 10.6 Å². The second-order valence-electron chi connectivity index (χ2n) is 5.43. The first kappa shape index (κ1) is 16.4. The van der Waals surface area contributed by atoms with Crippen LogP contribution in [0, 0.1) is 21.4 Å². The van der Waals surface area contributed by atoms with Gasteiger partial charge >= 0.3 is 0 Å². The Labute approximate surface area is 122 Å². The Kier molecular flexibility index (Phi) is 5.18. The van der Waals surface area contributed by atoms with E-state index in [9.17, 15) is 14.9 Å². The molecule has 0 fully saturated rings. The van der Waals surface area contributed by atoms with Crippen LogP contribution in [-0.4, -0.2) is 27.9 Å². The summed E-state index contributed by atoms with van der Waals surface area (Å²) < 4.78 is 0. The third-order valence-corrected chi connectivity index (χ3v) is 2.36. The number of pyridine rings is 1. The third-order valence-electron chi connectivity index (χ3n) is 2.36. The zero-order chi connectivity index (χ0) is 16.0. The molecule has 0 aromatic carbocycles. The van der Waals surface area contributed by atoms with Gasteiger partial charge in [-0.2, -0.15) is 5.26 Å². The molecule has 0 saturated heterocycles. The van der Waals surface area contributed by atoms with Gasteiger partial charge in [0.2, 0.25) is 5.91 Å². The first-order valence-corrected chi connectivity index (χ1v) is 6.32. The van der Waals surface area contributed by atoms with Gasteiger partial charge in [0.05, 0.1) is 4.92 Å². The van der Waals surface area contributed by atoms with Gasteiger partial charge in [-0.05, 0) is 20.8 Å². The van der Waals surface area contributed by atoms with Gasteiger partial charge in [-0.15, -0.1) is 0 Å². The number of anilines is 1. The highest BCUT2D eigenvalue weighted by molar-refractivity contribution is 5.77. The number of nitro groups is 1. The highest BCUT2D eigenvalue weighted by Gasteiger charge is 2.14. The van der Waals surface area contributed by atoms with E-state index in [2.05, 4.69) is 15.6 Å². The molecule has 0 aliphatic carbocycles. The summed E-state index contributed by atoms with van der Waals surface area (Å²) in [4.78, 5) is 25.4. The molecule has 112 valence electrons. The Balaban J connectivity index is 2.62. The van der Waals surface area contributed by atoms with Gasteiger partial charge in [-0.1, -0.05) is 0 Å². The van der Waals surface area contributed by atoms with E-state index in [4.69, 9.17) is 5.26 Å². The van der Waals surface area contributed by atoms with Crippen LogP contribution in [-0.2, 0) is 4.79 Å². The molecule has 0 saturated carbocycles. The summed E-state index contributed by atoms with van der Waals surface area (Å²) in [7, 11) is 0. The molecule has 2 N–H and O–H groups in total. The summed E-state index contributed by atoms with van der Waals surface area (Å²) in [5.74, 6) is 0.0991. The number of hydrogen-bond donors (Lipinski definition) is 2. The van der Waals surface area contributed by atoms with Crippen LogP contribution in [0.3, 0.4) is 0 Å². The molecule has 21 heavy (non-hydrogen) atoms. The van der Waals surface area contributed by atoms with Gasteiger partial charge in [-0.25, -0.2) is 4.98 Å². The molecule has 0 atom stereocenters. The van der Waals surface area contributed by atoms with Crippen LogP contribution in [0.25, 0.3) is 0 Å². The van der Waals surface area contributed by atoms with E-state index in [1.54, 1.807) is 0 Å². The van der Waals surface area contributed by atoms with Crippen LogP contribution in [0.5, 0.6) is 0 Å². The van der Waals surface area contributed by atoms with Crippen LogP contribution in [0.4, 0.5) is 11.5 Å². The number of rotatable bonds is 5. The Hall–Kier alpha value is -2.69. The maximum absolute atomic E-state index is 11.6. The number of hydrogen-bond acceptors (Lipinski definition) is 6. The predicted molar refractivity (Wildman–Crippen MR) is 76.6 cm³/mol. The fraction of sp³-hybridized carbons (Fsp3) is 0.462. The topological polar surface area (TPSA) is 121 Å². The number of carbonyl (C=O) groups excluding carboxylic acids is 1. The predicted octanol–water partition coefficient (Wildman–Crippen LogP) is 1.58. The number of aromatic nitrogens is 1. The van der Waals surface area contributed by atoms with E-state index >= 15 is 0 Å². The Bertz CT molecular complexity index is 586. The second kappa shape index (κ2) is 6.65. The number of nitrogens with zero attached hydrogens (tertiary/aromatic N) is 3. The highest BCUT2D eigenvalue weighted by atomic mass is 16.6. The molecule has 1 amide bonds. The normalized spacial score (nSPS) is 10.6. The fourth-order valence-corrected chi connectivity index (χ4v) is 1.55. The SMILES string of the molecule is CC(C)(C)NC(=O)CCNc1ncc([N+](=O)[O-])cc1C#N. The lowest BCUT2D eigenvalue weighted by Gasteiger charge is -2.20. The Morgan fingerprint density at radius 1 is 1.52 bits per heavy atom. The van der Waals surface area contributed by atoms with E-state index in [0.29, 0.717) is 0 Å². The average Bonchev–Trinajstić information content (AvgIpc) is 2.36. The van der Waals surface area contributed by atoms with Crippen molar-refractivity contribution in [1.29, 1.82) is 5.26 Å². The molecule has 1 aromatic heterocycles. The molecule has 0 radical (unpaired) electrons. The van der Waals surface area contributed by atoms with Crippen molar-refractivity contribution in [2.24, 2.45) is 0 Å². The van der Waals surface area contributed by atoms with Crippen LogP contribution >= 0.6 is 0 Å². The van der Waals surface area contributed by atoms with Gasteiger partial charge in [0, 0.05) is 24.6 Å². The summed E-state index contributed by atoms with van der Waals surface area (Å²) in [6, 6.07) is 2.98. The van der Waals surface area contributed by atoms with Crippen molar-refractivity contribution in [3.8, 4) is 6.07 Å². The summed E-state index contributed by atoms with van der Waals surface area (Å²) in [5, 5.41) is 25.2. The van der Waals surface area contributed by atoms with Crippen molar-refractivity contribution < 1.29 is 9.72 Å². The summed E-state index contributed by atoms with van der Waals surface area (Å²) in [6.45, 7) is 5.92. The molecule has 0 unspecified atom stereocenters. The number of nitrogens with one attached hydrogen (secondary N) is 2. The van der Waals surface area contributed by atoms with E-state index in [-0.39, 0.29) is 41.5 Å². The first-order valence-electron chi connectivity index (χ1n) is 6.32. The smallest absolute Gasteiger partial charge is 0.289 e.